The summed E-state index contributed by atoms with van der Waals surface area (Å²) in [6.07, 6.45) is 5.21. The summed E-state index contributed by atoms with van der Waals surface area (Å²) in [4.78, 5) is 4.57. The van der Waals surface area contributed by atoms with Crippen LogP contribution in [0.4, 0.5) is 4.39 Å². The third-order valence-electron chi connectivity index (χ3n) is 3.87. The van der Waals surface area contributed by atoms with Gasteiger partial charge in [0.05, 0.1) is 16.1 Å². The van der Waals surface area contributed by atoms with Crippen LogP contribution in [0.15, 0.2) is 12.1 Å². The highest BCUT2D eigenvalue weighted by atomic mass is 35.5. The van der Waals surface area contributed by atoms with E-state index >= 15 is 0 Å². The summed E-state index contributed by atoms with van der Waals surface area (Å²) < 4.78 is 16.1. The molecule has 1 aromatic heterocycles. The van der Waals surface area contributed by atoms with E-state index in [9.17, 15) is 4.39 Å². The number of fused-ring (bicyclic) bond motifs is 1. The first-order valence-electron chi connectivity index (χ1n) is 6.54. The molecule has 0 radical (unpaired) electrons. The molecule has 1 aliphatic carbocycles. The van der Waals surface area contributed by atoms with E-state index in [1.54, 1.807) is 6.07 Å². The van der Waals surface area contributed by atoms with Crippen LogP contribution in [-0.2, 0) is 13.0 Å². The second kappa shape index (κ2) is 5.39. The monoisotopic (exact) mass is 332 g/mol. The molecule has 1 aromatic carbocycles. The predicted molar refractivity (Wildman–Crippen MR) is 84.6 cm³/mol. The van der Waals surface area contributed by atoms with E-state index < -0.39 is 5.82 Å². The lowest BCUT2D eigenvalue weighted by molar-refractivity contribution is 0.622. The Morgan fingerprint density at radius 1 is 1.45 bits per heavy atom. The van der Waals surface area contributed by atoms with Crippen molar-refractivity contribution >= 4 is 46.0 Å². The summed E-state index contributed by atoms with van der Waals surface area (Å²) >= 11 is 13.6. The van der Waals surface area contributed by atoms with Crippen molar-refractivity contribution < 1.29 is 4.39 Å². The summed E-state index contributed by atoms with van der Waals surface area (Å²) in [5.74, 6) is 1.02. The highest BCUT2D eigenvalue weighted by molar-refractivity contribution is 8.00. The van der Waals surface area contributed by atoms with Crippen molar-refractivity contribution in [3.63, 3.8) is 0 Å². The summed E-state index contributed by atoms with van der Waals surface area (Å²) in [5.41, 5.74) is 1.56. The Balaban J connectivity index is 2.10. The fourth-order valence-electron chi connectivity index (χ4n) is 2.48. The number of hydrogen-bond acceptors (Lipinski definition) is 2. The minimum atomic E-state index is -0.397. The van der Waals surface area contributed by atoms with Gasteiger partial charge in [0.2, 0.25) is 0 Å². The molecule has 2 nitrogen and oxygen atoms in total. The van der Waals surface area contributed by atoms with Crippen LogP contribution in [0.3, 0.4) is 0 Å². The molecule has 1 heterocycles. The van der Waals surface area contributed by atoms with Gasteiger partial charge in [0.15, 0.2) is 0 Å². The van der Waals surface area contributed by atoms with Crippen LogP contribution < -0.4 is 0 Å². The Labute approximate surface area is 131 Å². The van der Waals surface area contributed by atoms with E-state index in [1.807, 2.05) is 11.8 Å². The van der Waals surface area contributed by atoms with E-state index in [1.165, 1.54) is 18.9 Å². The smallest absolute Gasteiger partial charge is 0.144 e. The number of aromatic nitrogens is 2. The topological polar surface area (TPSA) is 17.8 Å². The first-order valence-corrected chi connectivity index (χ1v) is 8.67. The number of hydrogen-bond donors (Lipinski definition) is 0. The normalized spacial score (nSPS) is 16.8. The van der Waals surface area contributed by atoms with Crippen LogP contribution in [-0.4, -0.2) is 26.4 Å². The largest absolute Gasteiger partial charge is 0.326 e. The molecule has 0 atom stereocenters. The van der Waals surface area contributed by atoms with Gasteiger partial charge in [0.25, 0.3) is 0 Å². The molecule has 0 aliphatic heterocycles. The average Bonchev–Trinajstić information content (AvgIpc) is 3.13. The molecule has 0 unspecified atom stereocenters. The predicted octanol–water partition coefficient (Wildman–Crippen LogP) is 4.51. The maximum absolute atomic E-state index is 13.7. The first kappa shape index (κ1) is 14.5. The Kier molecular flexibility index (Phi) is 3.91. The number of halogens is 3. The molecule has 0 N–H and O–H groups in total. The van der Waals surface area contributed by atoms with Crippen LogP contribution in [0.25, 0.3) is 11.0 Å². The van der Waals surface area contributed by atoms with E-state index in [2.05, 4.69) is 15.8 Å². The van der Waals surface area contributed by atoms with Crippen molar-refractivity contribution in [1.82, 2.24) is 9.55 Å². The average molecular weight is 333 g/mol. The van der Waals surface area contributed by atoms with Gasteiger partial charge in [-0.25, -0.2) is 9.37 Å². The van der Waals surface area contributed by atoms with Gasteiger partial charge in [-0.05, 0) is 25.2 Å². The van der Waals surface area contributed by atoms with Crippen LogP contribution in [0.2, 0.25) is 5.02 Å². The van der Waals surface area contributed by atoms with Crippen molar-refractivity contribution in [2.75, 3.05) is 12.1 Å². The Bertz CT molecular complexity index is 652. The summed E-state index contributed by atoms with van der Waals surface area (Å²) in [6, 6.07) is 3.08. The molecule has 0 spiro atoms. The summed E-state index contributed by atoms with van der Waals surface area (Å²) in [5, 5.41) is 0.116. The highest BCUT2D eigenvalue weighted by Crippen LogP contribution is 2.49. The fourth-order valence-corrected chi connectivity index (χ4v) is 3.57. The molecule has 1 saturated carbocycles. The van der Waals surface area contributed by atoms with Gasteiger partial charge in [0, 0.05) is 29.7 Å². The zero-order valence-electron chi connectivity index (χ0n) is 11.1. The minimum absolute atomic E-state index is 0.116. The molecule has 6 heteroatoms. The van der Waals surface area contributed by atoms with Crippen molar-refractivity contribution in [3.8, 4) is 0 Å². The lowest BCUT2D eigenvalue weighted by Crippen LogP contribution is -2.16. The van der Waals surface area contributed by atoms with Gasteiger partial charge in [-0.1, -0.05) is 11.6 Å². The van der Waals surface area contributed by atoms with E-state index in [-0.39, 0.29) is 9.77 Å². The third-order valence-corrected chi connectivity index (χ3v) is 5.76. The van der Waals surface area contributed by atoms with Crippen molar-refractivity contribution in [3.05, 3.63) is 28.8 Å². The number of alkyl halides is 1. The Morgan fingerprint density at radius 2 is 2.20 bits per heavy atom. The molecular weight excluding hydrogens is 318 g/mol. The van der Waals surface area contributed by atoms with Gasteiger partial charge < -0.3 is 4.57 Å². The molecular formula is C14H15Cl2FN2S. The SMILES string of the molecule is CSC1(Cn2c(CCCl)nc3cc(Cl)c(F)cc32)CC1. The van der Waals surface area contributed by atoms with E-state index in [0.717, 1.165) is 23.4 Å². The zero-order valence-corrected chi connectivity index (χ0v) is 13.5. The molecule has 1 fully saturated rings. The number of aryl methyl sites for hydroxylation is 1. The lowest BCUT2D eigenvalue weighted by Gasteiger charge is -2.16. The number of benzene rings is 1. The van der Waals surface area contributed by atoms with Crippen LogP contribution in [0.5, 0.6) is 0 Å². The van der Waals surface area contributed by atoms with E-state index in [0.29, 0.717) is 12.3 Å². The first-order chi connectivity index (χ1) is 9.58. The van der Waals surface area contributed by atoms with Crippen LogP contribution >= 0.6 is 35.0 Å². The third kappa shape index (κ3) is 2.53. The molecule has 20 heavy (non-hydrogen) atoms. The number of rotatable bonds is 5. The van der Waals surface area contributed by atoms with Crippen LogP contribution in [0.1, 0.15) is 18.7 Å². The molecule has 0 amide bonds. The number of thioether (sulfide) groups is 1. The molecule has 0 saturated heterocycles. The number of imidazole rings is 1. The van der Waals surface area contributed by atoms with Crippen LogP contribution in [0, 0.1) is 5.82 Å². The maximum atomic E-state index is 13.7. The second-order valence-electron chi connectivity index (χ2n) is 5.20. The molecule has 3 rings (SSSR count). The Hall–Kier alpha value is -0.450. The Morgan fingerprint density at radius 3 is 2.80 bits per heavy atom. The van der Waals surface area contributed by atoms with Crippen molar-refractivity contribution in [2.45, 2.75) is 30.6 Å². The summed E-state index contributed by atoms with van der Waals surface area (Å²) in [7, 11) is 0. The second-order valence-corrected chi connectivity index (χ2v) is 7.25. The zero-order chi connectivity index (χ0) is 14.3. The quantitative estimate of drug-likeness (QED) is 0.750. The minimum Gasteiger partial charge on any atom is -0.326 e. The lowest BCUT2D eigenvalue weighted by atomic mass is 10.3. The fraction of sp³-hybridized carbons (Fsp3) is 0.500. The number of nitrogens with zero attached hydrogens (tertiary/aromatic N) is 2. The molecule has 1 aliphatic rings. The standard InChI is InChI=1S/C14H15Cl2FN2S/c1-20-14(3-4-14)8-19-12-7-10(17)9(16)6-11(12)18-13(19)2-5-15/h6-7H,2-5,8H2,1H3. The van der Waals surface area contributed by atoms with Crippen molar-refractivity contribution in [2.24, 2.45) is 0 Å². The molecule has 2 aromatic rings. The van der Waals surface area contributed by atoms with Crippen molar-refractivity contribution in [1.29, 1.82) is 0 Å². The highest BCUT2D eigenvalue weighted by Gasteiger charge is 2.42. The van der Waals surface area contributed by atoms with Gasteiger partial charge in [-0.15, -0.1) is 11.6 Å². The molecule has 0 bridgehead atoms. The molecule has 108 valence electrons. The van der Waals surface area contributed by atoms with Gasteiger partial charge in [-0.2, -0.15) is 11.8 Å². The summed E-state index contributed by atoms with van der Waals surface area (Å²) in [6.45, 7) is 0.859. The van der Waals surface area contributed by atoms with Gasteiger partial charge in [0.1, 0.15) is 11.6 Å². The van der Waals surface area contributed by atoms with Gasteiger partial charge >= 0.3 is 0 Å². The van der Waals surface area contributed by atoms with Gasteiger partial charge in [-0.3, -0.25) is 0 Å². The van der Waals surface area contributed by atoms with E-state index in [4.69, 9.17) is 23.2 Å². The maximum Gasteiger partial charge on any atom is 0.144 e.